The predicted octanol–water partition coefficient (Wildman–Crippen LogP) is 5.92. The Morgan fingerprint density at radius 3 is 2.57 bits per heavy atom. The number of aromatic nitrogens is 1. The molecule has 1 aliphatic rings. The molecular weight excluding hydrogens is 392 g/mol. The van der Waals surface area contributed by atoms with Gasteiger partial charge in [0.2, 0.25) is 5.91 Å². The van der Waals surface area contributed by atoms with Gasteiger partial charge in [-0.2, -0.15) is 0 Å². The van der Waals surface area contributed by atoms with Crippen molar-refractivity contribution in [3.05, 3.63) is 65.9 Å². The summed E-state index contributed by atoms with van der Waals surface area (Å²) in [7, 11) is 0. The Morgan fingerprint density at radius 2 is 1.83 bits per heavy atom. The smallest absolute Gasteiger partial charge is 0.286 e. The third kappa shape index (κ3) is 4.73. The quantitative estimate of drug-likeness (QED) is 0.461. The molecule has 1 unspecified atom stereocenters. The van der Waals surface area contributed by atoms with Crippen molar-refractivity contribution in [3.8, 4) is 11.1 Å². The fraction of sp³-hybridized carbons (Fsp3) is 0.320. The Bertz CT molecular complexity index is 1070. The number of fused-ring (bicyclic) bond motifs is 1. The number of hydrogen-bond donors (Lipinski definition) is 1. The van der Waals surface area contributed by atoms with Crippen molar-refractivity contribution in [2.45, 2.75) is 50.7 Å². The lowest BCUT2D eigenvalue weighted by Crippen LogP contribution is -2.25. The molecule has 1 aromatic heterocycles. The van der Waals surface area contributed by atoms with E-state index < -0.39 is 5.25 Å². The molecule has 0 aliphatic carbocycles. The number of rotatable bonds is 8. The highest BCUT2D eigenvalue weighted by molar-refractivity contribution is 8.15. The molecule has 1 saturated heterocycles. The molecule has 1 atom stereocenters. The number of benzene rings is 2. The average Bonchev–Trinajstić information content (AvgIpc) is 3.08. The number of thioether (sulfide) groups is 1. The zero-order valence-electron chi connectivity index (χ0n) is 17.2. The highest BCUT2D eigenvalue weighted by Crippen LogP contribution is 2.31. The van der Waals surface area contributed by atoms with E-state index in [1.165, 1.54) is 31.2 Å². The van der Waals surface area contributed by atoms with E-state index in [2.05, 4.69) is 48.6 Å². The summed E-state index contributed by atoms with van der Waals surface area (Å²) in [4.78, 5) is 28.4. The molecule has 0 saturated carbocycles. The van der Waals surface area contributed by atoms with E-state index in [-0.39, 0.29) is 11.1 Å². The van der Waals surface area contributed by atoms with Crippen LogP contribution in [0.15, 0.2) is 54.6 Å². The van der Waals surface area contributed by atoms with E-state index in [0.717, 1.165) is 45.9 Å². The number of nitrogens with zero attached hydrogens (tertiary/aromatic N) is 1. The Kier molecular flexibility index (Phi) is 6.48. The third-order valence-corrected chi connectivity index (χ3v) is 6.47. The zero-order valence-corrected chi connectivity index (χ0v) is 18.0. The normalized spacial score (nSPS) is 16.2. The van der Waals surface area contributed by atoms with Crippen molar-refractivity contribution in [1.29, 1.82) is 0 Å². The SMILES string of the molecule is CCCCCCc1ccc2nc(CC3SC(=O)NC3=O)cc(-c3ccccc3)c2c1. The van der Waals surface area contributed by atoms with Gasteiger partial charge in [0.25, 0.3) is 5.24 Å². The van der Waals surface area contributed by atoms with Gasteiger partial charge in [-0.25, -0.2) is 0 Å². The summed E-state index contributed by atoms with van der Waals surface area (Å²) in [5.41, 5.74) is 5.36. The number of pyridine rings is 1. The van der Waals surface area contributed by atoms with Crippen LogP contribution in [0.2, 0.25) is 0 Å². The largest absolute Gasteiger partial charge is 0.286 e. The van der Waals surface area contributed by atoms with Gasteiger partial charge in [0, 0.05) is 17.5 Å². The van der Waals surface area contributed by atoms with Crippen LogP contribution in [0.5, 0.6) is 0 Å². The lowest BCUT2D eigenvalue weighted by atomic mass is 9.96. The molecule has 154 valence electrons. The van der Waals surface area contributed by atoms with Gasteiger partial charge in [0.15, 0.2) is 0 Å². The van der Waals surface area contributed by atoms with Gasteiger partial charge in [0.05, 0.1) is 10.8 Å². The number of hydrogen-bond acceptors (Lipinski definition) is 4. The van der Waals surface area contributed by atoms with Crippen LogP contribution in [-0.4, -0.2) is 21.4 Å². The minimum absolute atomic E-state index is 0.226. The second-order valence-corrected chi connectivity index (χ2v) is 8.95. The van der Waals surface area contributed by atoms with Crippen molar-refractivity contribution in [1.82, 2.24) is 10.3 Å². The molecule has 5 heteroatoms. The number of carbonyl (C=O) groups is 2. The summed E-state index contributed by atoms with van der Waals surface area (Å²) in [6.07, 6.45) is 6.50. The Labute approximate surface area is 181 Å². The molecule has 2 aromatic carbocycles. The lowest BCUT2D eigenvalue weighted by Gasteiger charge is -2.13. The number of aryl methyl sites for hydroxylation is 1. The van der Waals surface area contributed by atoms with Crippen molar-refractivity contribution in [3.63, 3.8) is 0 Å². The number of carbonyl (C=O) groups excluding carboxylic acids is 2. The standard InChI is InChI=1S/C25H26N2O2S/c1-2-3-4-6-9-17-12-13-22-21(14-17)20(18-10-7-5-8-11-18)15-19(26-22)16-23-24(28)27-25(29)30-23/h5,7-8,10-15,23H,2-4,6,9,16H2,1H3,(H,27,28,29). The summed E-state index contributed by atoms with van der Waals surface area (Å²) in [5.74, 6) is -0.226. The van der Waals surface area contributed by atoms with Gasteiger partial charge >= 0.3 is 0 Å². The monoisotopic (exact) mass is 418 g/mol. The topological polar surface area (TPSA) is 59.1 Å². The summed E-state index contributed by atoms with van der Waals surface area (Å²) in [6, 6.07) is 18.9. The summed E-state index contributed by atoms with van der Waals surface area (Å²) in [5, 5.41) is 2.81. The molecular formula is C25H26N2O2S. The first-order valence-electron chi connectivity index (χ1n) is 10.6. The third-order valence-electron chi connectivity index (χ3n) is 5.49. The minimum Gasteiger partial charge on any atom is -0.286 e. The Morgan fingerprint density at radius 1 is 1.00 bits per heavy atom. The van der Waals surface area contributed by atoms with Gasteiger partial charge in [-0.1, -0.05) is 74.3 Å². The van der Waals surface area contributed by atoms with Gasteiger partial charge in [-0.05, 0) is 47.7 Å². The molecule has 1 aliphatic heterocycles. The van der Waals surface area contributed by atoms with Crippen LogP contribution in [0.1, 0.15) is 43.9 Å². The van der Waals surface area contributed by atoms with Crippen LogP contribution in [0.25, 0.3) is 22.0 Å². The van der Waals surface area contributed by atoms with E-state index in [1.807, 2.05) is 18.2 Å². The van der Waals surface area contributed by atoms with E-state index in [1.54, 1.807) is 0 Å². The number of amides is 2. The molecule has 0 bridgehead atoms. The van der Waals surface area contributed by atoms with Gasteiger partial charge < -0.3 is 0 Å². The second-order valence-electron chi connectivity index (χ2n) is 7.78. The molecule has 2 amide bonds. The molecule has 0 spiro atoms. The predicted molar refractivity (Wildman–Crippen MR) is 124 cm³/mol. The van der Waals surface area contributed by atoms with Crippen LogP contribution in [0.4, 0.5) is 4.79 Å². The van der Waals surface area contributed by atoms with Crippen molar-refractivity contribution < 1.29 is 9.59 Å². The van der Waals surface area contributed by atoms with Gasteiger partial charge in [0.1, 0.15) is 0 Å². The van der Waals surface area contributed by atoms with Gasteiger partial charge in [-0.3, -0.25) is 19.9 Å². The van der Waals surface area contributed by atoms with Crippen LogP contribution in [0.3, 0.4) is 0 Å². The highest BCUT2D eigenvalue weighted by atomic mass is 32.2. The molecule has 1 fully saturated rings. The minimum atomic E-state index is -0.413. The fourth-order valence-corrected chi connectivity index (χ4v) is 4.76. The maximum Gasteiger partial charge on any atom is 0.286 e. The van der Waals surface area contributed by atoms with E-state index >= 15 is 0 Å². The lowest BCUT2D eigenvalue weighted by molar-refractivity contribution is -0.118. The van der Waals surface area contributed by atoms with Crippen LogP contribution in [-0.2, 0) is 17.6 Å². The molecule has 2 heterocycles. The van der Waals surface area contributed by atoms with E-state index in [0.29, 0.717) is 6.42 Å². The van der Waals surface area contributed by atoms with Crippen molar-refractivity contribution in [2.24, 2.45) is 0 Å². The molecule has 4 rings (SSSR count). The maximum absolute atomic E-state index is 12.0. The number of unbranched alkanes of at least 4 members (excludes halogenated alkanes) is 3. The number of imide groups is 1. The van der Waals surface area contributed by atoms with Crippen LogP contribution < -0.4 is 5.32 Å². The second kappa shape index (κ2) is 9.43. The molecule has 1 N–H and O–H groups in total. The van der Waals surface area contributed by atoms with Gasteiger partial charge in [-0.15, -0.1) is 0 Å². The molecule has 0 radical (unpaired) electrons. The summed E-state index contributed by atoms with van der Waals surface area (Å²) >= 11 is 1.05. The molecule has 4 nitrogen and oxygen atoms in total. The highest BCUT2D eigenvalue weighted by Gasteiger charge is 2.32. The molecule has 3 aromatic rings. The maximum atomic E-state index is 12.0. The number of nitrogens with one attached hydrogen (secondary N) is 1. The summed E-state index contributed by atoms with van der Waals surface area (Å²) < 4.78 is 0. The molecule has 30 heavy (non-hydrogen) atoms. The van der Waals surface area contributed by atoms with Crippen molar-refractivity contribution in [2.75, 3.05) is 0 Å². The van der Waals surface area contributed by atoms with Crippen LogP contribution >= 0.6 is 11.8 Å². The van der Waals surface area contributed by atoms with Crippen LogP contribution in [0, 0.1) is 0 Å². The van der Waals surface area contributed by atoms with E-state index in [9.17, 15) is 9.59 Å². The van der Waals surface area contributed by atoms with Crippen molar-refractivity contribution >= 4 is 33.8 Å². The zero-order chi connectivity index (χ0) is 20.9. The first kappa shape index (κ1) is 20.6. The van der Waals surface area contributed by atoms with E-state index in [4.69, 9.17) is 4.98 Å². The Balaban J connectivity index is 1.69. The Hall–Kier alpha value is -2.66. The first-order chi connectivity index (χ1) is 14.6. The fourth-order valence-electron chi connectivity index (χ4n) is 3.92. The summed E-state index contributed by atoms with van der Waals surface area (Å²) in [6.45, 7) is 2.23. The average molecular weight is 419 g/mol. The first-order valence-corrected chi connectivity index (χ1v) is 11.5.